The largest absolute Gasteiger partial charge is 0.366 e. The van der Waals surface area contributed by atoms with Crippen molar-refractivity contribution in [2.45, 2.75) is 26.3 Å². The number of carbonyl (C=O) groups excluding carboxylic acids is 1. The highest BCUT2D eigenvalue weighted by Crippen LogP contribution is 2.44. The first-order chi connectivity index (χ1) is 8.00. The van der Waals surface area contributed by atoms with Crippen molar-refractivity contribution in [1.82, 2.24) is 5.32 Å². The molecule has 0 aromatic heterocycles. The summed E-state index contributed by atoms with van der Waals surface area (Å²) in [5, 5.41) is 3.22. The monoisotopic (exact) mass is 236 g/mol. The number of hydrogen-bond donors (Lipinski definition) is 2. The molecule has 17 heavy (non-hydrogen) atoms. The summed E-state index contributed by atoms with van der Waals surface area (Å²) in [6.07, 6.45) is 2.45. The predicted molar refractivity (Wildman–Crippen MR) is 64.0 cm³/mol. The summed E-state index contributed by atoms with van der Waals surface area (Å²) < 4.78 is 13.5. The maximum Gasteiger partial charge on any atom is 0.248 e. The highest BCUT2D eigenvalue weighted by atomic mass is 19.1. The SMILES string of the molecule is CC1(CNCc2cc(C(N)=O)ccc2F)CC1. The minimum Gasteiger partial charge on any atom is -0.366 e. The van der Waals surface area contributed by atoms with Gasteiger partial charge in [0.05, 0.1) is 0 Å². The highest BCUT2D eigenvalue weighted by molar-refractivity contribution is 5.92. The lowest BCUT2D eigenvalue weighted by Crippen LogP contribution is -2.22. The van der Waals surface area contributed by atoms with Gasteiger partial charge in [0.2, 0.25) is 5.91 Å². The second-order valence-electron chi connectivity index (χ2n) is 5.08. The Morgan fingerprint density at radius 1 is 1.53 bits per heavy atom. The smallest absolute Gasteiger partial charge is 0.248 e. The third-order valence-electron chi connectivity index (χ3n) is 3.30. The summed E-state index contributed by atoms with van der Waals surface area (Å²) in [7, 11) is 0. The number of rotatable bonds is 5. The Balaban J connectivity index is 1.98. The molecule has 4 heteroatoms. The van der Waals surface area contributed by atoms with Crippen molar-refractivity contribution in [3.63, 3.8) is 0 Å². The molecular weight excluding hydrogens is 219 g/mol. The number of primary amides is 1. The van der Waals surface area contributed by atoms with Gasteiger partial charge >= 0.3 is 0 Å². The first-order valence-corrected chi connectivity index (χ1v) is 5.79. The Labute approximate surface area is 100 Å². The quantitative estimate of drug-likeness (QED) is 0.819. The van der Waals surface area contributed by atoms with Gasteiger partial charge in [-0.2, -0.15) is 0 Å². The third kappa shape index (κ3) is 3.03. The molecule has 0 radical (unpaired) electrons. The molecule has 0 spiro atoms. The molecule has 1 aromatic rings. The van der Waals surface area contributed by atoms with Crippen LogP contribution in [0, 0.1) is 11.2 Å². The standard InChI is InChI=1S/C13H17FN2O/c1-13(4-5-13)8-16-7-10-6-9(12(15)17)2-3-11(10)14/h2-3,6,16H,4-5,7-8H2,1H3,(H2,15,17). The molecular formula is C13H17FN2O. The van der Waals surface area contributed by atoms with Gasteiger partial charge in [-0.15, -0.1) is 0 Å². The van der Waals surface area contributed by atoms with Crippen molar-refractivity contribution in [1.29, 1.82) is 0 Å². The molecule has 2 rings (SSSR count). The molecule has 0 aliphatic heterocycles. The maximum atomic E-state index is 13.5. The van der Waals surface area contributed by atoms with E-state index in [1.807, 2.05) is 0 Å². The van der Waals surface area contributed by atoms with Gasteiger partial charge in [0.1, 0.15) is 5.82 Å². The van der Waals surface area contributed by atoms with Gasteiger partial charge < -0.3 is 11.1 Å². The van der Waals surface area contributed by atoms with Crippen LogP contribution in [0.5, 0.6) is 0 Å². The van der Waals surface area contributed by atoms with Gasteiger partial charge in [-0.3, -0.25) is 4.79 Å². The van der Waals surface area contributed by atoms with Gasteiger partial charge in [0, 0.05) is 24.2 Å². The van der Waals surface area contributed by atoms with Crippen molar-refractivity contribution < 1.29 is 9.18 Å². The normalized spacial score (nSPS) is 16.8. The molecule has 3 nitrogen and oxygen atoms in total. The molecule has 0 heterocycles. The van der Waals surface area contributed by atoms with Crippen LogP contribution in [0.2, 0.25) is 0 Å². The average Bonchev–Trinajstić information content (AvgIpc) is 2.99. The summed E-state index contributed by atoms with van der Waals surface area (Å²) in [4.78, 5) is 11.0. The summed E-state index contributed by atoms with van der Waals surface area (Å²) in [6, 6.07) is 4.21. The van der Waals surface area contributed by atoms with Crippen molar-refractivity contribution in [2.24, 2.45) is 11.1 Å². The number of hydrogen-bond acceptors (Lipinski definition) is 2. The fourth-order valence-electron chi connectivity index (χ4n) is 1.75. The van der Waals surface area contributed by atoms with Gasteiger partial charge in [-0.05, 0) is 36.5 Å². The molecule has 1 saturated carbocycles. The number of halogens is 1. The molecule has 0 bridgehead atoms. The Hall–Kier alpha value is -1.42. The van der Waals surface area contributed by atoms with Gasteiger partial charge in [0.15, 0.2) is 0 Å². The number of amides is 1. The summed E-state index contributed by atoms with van der Waals surface area (Å²) in [5.41, 5.74) is 6.38. The van der Waals surface area contributed by atoms with E-state index in [-0.39, 0.29) is 5.82 Å². The third-order valence-corrected chi connectivity index (χ3v) is 3.30. The van der Waals surface area contributed by atoms with Crippen LogP contribution in [0.3, 0.4) is 0 Å². The molecule has 92 valence electrons. The van der Waals surface area contributed by atoms with E-state index in [9.17, 15) is 9.18 Å². The minimum atomic E-state index is -0.527. The second-order valence-corrected chi connectivity index (χ2v) is 5.08. The van der Waals surface area contributed by atoms with E-state index in [1.54, 1.807) is 0 Å². The number of benzene rings is 1. The van der Waals surface area contributed by atoms with Gasteiger partial charge in [-0.25, -0.2) is 4.39 Å². The topological polar surface area (TPSA) is 55.1 Å². The predicted octanol–water partition coefficient (Wildman–Crippen LogP) is 1.81. The van der Waals surface area contributed by atoms with Crippen molar-refractivity contribution in [3.05, 3.63) is 35.1 Å². The van der Waals surface area contributed by atoms with E-state index in [4.69, 9.17) is 5.73 Å². The summed E-state index contributed by atoms with van der Waals surface area (Å²) in [5.74, 6) is -0.830. The van der Waals surface area contributed by atoms with E-state index >= 15 is 0 Å². The zero-order valence-electron chi connectivity index (χ0n) is 9.92. The first kappa shape index (κ1) is 12.0. The van der Waals surface area contributed by atoms with Crippen LogP contribution in [-0.4, -0.2) is 12.5 Å². The number of carbonyl (C=O) groups is 1. The Bertz CT molecular complexity index is 441. The molecule has 3 N–H and O–H groups in total. The maximum absolute atomic E-state index is 13.5. The van der Waals surface area contributed by atoms with Crippen LogP contribution in [0.4, 0.5) is 4.39 Å². The molecule has 1 fully saturated rings. The van der Waals surface area contributed by atoms with E-state index in [0.717, 1.165) is 6.54 Å². The first-order valence-electron chi connectivity index (χ1n) is 5.79. The lowest BCUT2D eigenvalue weighted by Gasteiger charge is -2.11. The van der Waals surface area contributed by atoms with Crippen LogP contribution in [0.15, 0.2) is 18.2 Å². The van der Waals surface area contributed by atoms with Crippen LogP contribution in [-0.2, 0) is 6.54 Å². The van der Waals surface area contributed by atoms with E-state index in [2.05, 4.69) is 12.2 Å². The van der Waals surface area contributed by atoms with Crippen LogP contribution in [0.25, 0.3) is 0 Å². The molecule has 0 saturated heterocycles. The van der Waals surface area contributed by atoms with E-state index in [1.165, 1.54) is 31.0 Å². The fourth-order valence-corrected chi connectivity index (χ4v) is 1.75. The Kier molecular flexibility index (Phi) is 3.15. The fraction of sp³-hybridized carbons (Fsp3) is 0.462. The summed E-state index contributed by atoms with van der Waals surface area (Å²) >= 11 is 0. The van der Waals surface area contributed by atoms with Gasteiger partial charge in [-0.1, -0.05) is 6.92 Å². The second kappa shape index (κ2) is 4.45. The molecule has 0 atom stereocenters. The van der Waals surface area contributed by atoms with Crippen molar-refractivity contribution in [2.75, 3.05) is 6.54 Å². The Morgan fingerprint density at radius 2 is 2.24 bits per heavy atom. The lowest BCUT2D eigenvalue weighted by atomic mass is 10.1. The molecule has 1 aliphatic carbocycles. The minimum absolute atomic E-state index is 0.302. The number of nitrogens with one attached hydrogen (secondary N) is 1. The molecule has 1 aromatic carbocycles. The Morgan fingerprint density at radius 3 is 2.82 bits per heavy atom. The molecule has 0 unspecified atom stereocenters. The molecule has 1 aliphatic rings. The van der Waals surface area contributed by atoms with Crippen LogP contribution >= 0.6 is 0 Å². The van der Waals surface area contributed by atoms with E-state index < -0.39 is 5.91 Å². The molecule has 1 amide bonds. The highest BCUT2D eigenvalue weighted by Gasteiger charge is 2.36. The zero-order valence-corrected chi connectivity index (χ0v) is 9.92. The lowest BCUT2D eigenvalue weighted by molar-refractivity contribution is 0.1000. The number of nitrogens with two attached hydrogens (primary N) is 1. The van der Waals surface area contributed by atoms with Crippen LogP contribution < -0.4 is 11.1 Å². The average molecular weight is 236 g/mol. The van der Waals surface area contributed by atoms with Crippen molar-refractivity contribution in [3.8, 4) is 0 Å². The van der Waals surface area contributed by atoms with E-state index in [0.29, 0.717) is 23.1 Å². The van der Waals surface area contributed by atoms with Crippen LogP contribution in [0.1, 0.15) is 35.7 Å². The van der Waals surface area contributed by atoms with Gasteiger partial charge in [0.25, 0.3) is 0 Å². The van der Waals surface area contributed by atoms with Crippen molar-refractivity contribution >= 4 is 5.91 Å². The zero-order chi connectivity index (χ0) is 12.5. The summed E-state index contributed by atoms with van der Waals surface area (Å²) in [6.45, 7) is 3.52.